The molecule has 1 aromatic carbocycles. The molecule has 1 fully saturated rings. The molecule has 0 heterocycles. The Balaban J connectivity index is 2.13. The summed E-state index contributed by atoms with van der Waals surface area (Å²) in [6.45, 7) is 5.85. The Kier molecular flexibility index (Phi) is 8.07. The highest BCUT2D eigenvalue weighted by Crippen LogP contribution is 2.30. The fourth-order valence-electron chi connectivity index (χ4n) is 3.50. The first-order chi connectivity index (χ1) is 13.2. The summed E-state index contributed by atoms with van der Waals surface area (Å²) in [6.07, 6.45) is 4.89. The van der Waals surface area contributed by atoms with Gasteiger partial charge in [-0.15, -0.1) is 0 Å². The lowest BCUT2D eigenvalue weighted by molar-refractivity contribution is 0.0941. The van der Waals surface area contributed by atoms with Crippen LogP contribution in [0.25, 0.3) is 0 Å². The summed E-state index contributed by atoms with van der Waals surface area (Å²) >= 11 is 0. The van der Waals surface area contributed by atoms with E-state index in [2.05, 4.69) is 11.3 Å². The van der Waals surface area contributed by atoms with Crippen LogP contribution in [0.5, 0.6) is 0 Å². The van der Waals surface area contributed by atoms with Crippen molar-refractivity contribution in [2.45, 2.75) is 62.5 Å². The average Bonchev–Trinajstić information content (AvgIpc) is 2.68. The maximum Gasteiger partial charge on any atom is 0.409 e. The van der Waals surface area contributed by atoms with Crippen molar-refractivity contribution in [3.05, 3.63) is 42.5 Å². The number of rotatable bonds is 8. The highest BCUT2D eigenvalue weighted by molar-refractivity contribution is 7.89. The van der Waals surface area contributed by atoms with Crippen LogP contribution in [0, 0.1) is 5.92 Å². The number of carbonyl (C=O) groups excluding carboxylic acids is 1. The van der Waals surface area contributed by atoms with E-state index in [1.54, 1.807) is 51.4 Å². The number of amides is 1. The van der Waals surface area contributed by atoms with Gasteiger partial charge < -0.3 is 9.64 Å². The summed E-state index contributed by atoms with van der Waals surface area (Å²) in [6, 6.07) is 8.14. The topological polar surface area (TPSA) is 75.7 Å². The minimum Gasteiger partial charge on any atom is -0.442 e. The van der Waals surface area contributed by atoms with Crippen molar-refractivity contribution in [3.63, 3.8) is 0 Å². The van der Waals surface area contributed by atoms with E-state index in [0.717, 1.165) is 25.7 Å². The molecule has 1 aliphatic rings. The second-order valence-corrected chi connectivity index (χ2v) is 9.44. The van der Waals surface area contributed by atoms with Crippen molar-refractivity contribution in [1.82, 2.24) is 9.62 Å². The fraction of sp³-hybridized carbons (Fsp3) is 0.571. The monoisotopic (exact) mass is 408 g/mol. The molecule has 0 bridgehead atoms. The summed E-state index contributed by atoms with van der Waals surface area (Å²) < 4.78 is 34.0. The lowest BCUT2D eigenvalue weighted by Crippen LogP contribution is -2.42. The standard InChI is InChI=1S/C21H32N2O4S/c1-16(17(2)27-21(24)23(3)4)15-20(18-11-7-5-8-12-18)22-28(25,26)19-13-9-6-10-14-19/h6,9-10,13-14,17-18,20,22H,1,5,7-8,11-12,15H2,2-4H3/t17-,20+/m1/s1. The second kappa shape index (κ2) is 10.1. The number of benzene rings is 1. The highest BCUT2D eigenvalue weighted by atomic mass is 32.2. The molecule has 2 atom stereocenters. The van der Waals surface area contributed by atoms with Gasteiger partial charge in [0.1, 0.15) is 6.10 Å². The maximum absolute atomic E-state index is 12.9. The summed E-state index contributed by atoms with van der Waals surface area (Å²) in [5.74, 6) is 0.251. The molecule has 1 amide bonds. The van der Waals surface area contributed by atoms with E-state index < -0.39 is 22.2 Å². The molecule has 156 valence electrons. The van der Waals surface area contributed by atoms with Crippen molar-refractivity contribution in [2.24, 2.45) is 5.92 Å². The Morgan fingerprint density at radius 1 is 1.21 bits per heavy atom. The molecule has 0 spiro atoms. The number of nitrogens with zero attached hydrogens (tertiary/aromatic N) is 1. The van der Waals surface area contributed by atoms with Crippen LogP contribution in [0.2, 0.25) is 0 Å². The van der Waals surface area contributed by atoms with Gasteiger partial charge in [0.25, 0.3) is 0 Å². The Bertz CT molecular complexity index is 756. The van der Waals surface area contributed by atoms with Gasteiger partial charge in [0.15, 0.2) is 0 Å². The van der Waals surface area contributed by atoms with Crippen LogP contribution in [0.1, 0.15) is 45.4 Å². The van der Waals surface area contributed by atoms with Crippen LogP contribution >= 0.6 is 0 Å². The van der Waals surface area contributed by atoms with Crippen molar-refractivity contribution in [2.75, 3.05) is 14.1 Å². The van der Waals surface area contributed by atoms with Gasteiger partial charge in [0, 0.05) is 20.1 Å². The van der Waals surface area contributed by atoms with E-state index in [-0.39, 0.29) is 16.9 Å². The molecule has 1 saturated carbocycles. The summed E-state index contributed by atoms with van der Waals surface area (Å²) in [7, 11) is -0.380. The molecule has 1 aromatic rings. The maximum atomic E-state index is 12.9. The van der Waals surface area contributed by atoms with Crippen LogP contribution in [0.4, 0.5) is 4.79 Å². The van der Waals surface area contributed by atoms with E-state index in [1.165, 1.54) is 11.3 Å². The van der Waals surface area contributed by atoms with Crippen LogP contribution in [-0.2, 0) is 14.8 Å². The smallest absolute Gasteiger partial charge is 0.409 e. The Labute approximate surface area is 169 Å². The Morgan fingerprint density at radius 2 is 1.82 bits per heavy atom. The molecule has 2 rings (SSSR count). The van der Waals surface area contributed by atoms with Gasteiger partial charge in [-0.2, -0.15) is 0 Å². The van der Waals surface area contributed by atoms with E-state index in [9.17, 15) is 13.2 Å². The predicted molar refractivity (Wildman–Crippen MR) is 111 cm³/mol. The third-order valence-corrected chi connectivity index (χ3v) is 6.78. The third-order valence-electron chi connectivity index (χ3n) is 5.28. The summed E-state index contributed by atoms with van der Waals surface area (Å²) in [5.41, 5.74) is 0.710. The highest BCUT2D eigenvalue weighted by Gasteiger charge is 2.30. The summed E-state index contributed by atoms with van der Waals surface area (Å²) in [4.78, 5) is 13.4. The molecule has 1 N–H and O–H groups in total. The number of ether oxygens (including phenoxy) is 1. The molecule has 0 unspecified atom stereocenters. The van der Waals surface area contributed by atoms with E-state index in [4.69, 9.17) is 4.74 Å². The number of carbonyl (C=O) groups is 1. The second-order valence-electron chi connectivity index (χ2n) is 7.72. The molecular formula is C21H32N2O4S. The van der Waals surface area contributed by atoms with Gasteiger partial charge in [-0.3, -0.25) is 0 Å². The minimum absolute atomic E-state index is 0.251. The Hall–Kier alpha value is -1.86. The largest absolute Gasteiger partial charge is 0.442 e. The van der Waals surface area contributed by atoms with Gasteiger partial charge >= 0.3 is 6.09 Å². The molecule has 6 nitrogen and oxygen atoms in total. The molecule has 0 aromatic heterocycles. The van der Waals surface area contributed by atoms with Gasteiger partial charge in [-0.25, -0.2) is 17.9 Å². The average molecular weight is 409 g/mol. The van der Waals surface area contributed by atoms with E-state index in [1.807, 2.05) is 0 Å². The van der Waals surface area contributed by atoms with Crippen molar-refractivity contribution in [3.8, 4) is 0 Å². The molecule has 0 saturated heterocycles. The van der Waals surface area contributed by atoms with Crippen LogP contribution < -0.4 is 4.72 Å². The molecule has 0 aliphatic heterocycles. The number of hydrogen-bond donors (Lipinski definition) is 1. The van der Waals surface area contributed by atoms with Crippen LogP contribution in [0.15, 0.2) is 47.4 Å². The zero-order chi connectivity index (χ0) is 20.7. The van der Waals surface area contributed by atoms with Crippen molar-refractivity contribution in [1.29, 1.82) is 0 Å². The molecule has 1 aliphatic carbocycles. The van der Waals surface area contributed by atoms with Crippen molar-refractivity contribution < 1.29 is 17.9 Å². The predicted octanol–water partition coefficient (Wildman–Crippen LogP) is 3.95. The molecule has 28 heavy (non-hydrogen) atoms. The Morgan fingerprint density at radius 3 is 2.39 bits per heavy atom. The van der Waals surface area contributed by atoms with Gasteiger partial charge in [0.2, 0.25) is 10.0 Å². The third kappa shape index (κ3) is 6.34. The van der Waals surface area contributed by atoms with Gasteiger partial charge in [-0.05, 0) is 49.8 Å². The number of sulfonamides is 1. The first-order valence-electron chi connectivity index (χ1n) is 9.83. The first kappa shape index (κ1) is 22.4. The fourth-order valence-corrected chi connectivity index (χ4v) is 4.82. The number of hydrogen-bond acceptors (Lipinski definition) is 4. The molecule has 0 radical (unpaired) electrons. The normalized spacial score (nSPS) is 17.5. The zero-order valence-electron chi connectivity index (χ0n) is 17.1. The van der Waals surface area contributed by atoms with Gasteiger partial charge in [0.05, 0.1) is 4.90 Å². The van der Waals surface area contributed by atoms with E-state index >= 15 is 0 Å². The zero-order valence-corrected chi connectivity index (χ0v) is 17.9. The minimum atomic E-state index is -3.62. The lowest BCUT2D eigenvalue weighted by Gasteiger charge is -2.32. The quantitative estimate of drug-likeness (QED) is 0.661. The molecular weight excluding hydrogens is 376 g/mol. The van der Waals surface area contributed by atoms with Gasteiger partial charge in [-0.1, -0.05) is 44.0 Å². The van der Waals surface area contributed by atoms with Crippen LogP contribution in [-0.4, -0.2) is 45.7 Å². The van der Waals surface area contributed by atoms with E-state index in [0.29, 0.717) is 12.0 Å². The number of nitrogens with one attached hydrogen (secondary N) is 1. The molecule has 7 heteroatoms. The summed E-state index contributed by atoms with van der Waals surface area (Å²) in [5, 5.41) is 0. The van der Waals surface area contributed by atoms with Crippen molar-refractivity contribution >= 4 is 16.1 Å². The lowest BCUT2D eigenvalue weighted by atomic mass is 9.81. The SMILES string of the molecule is C=C(C[C@H](NS(=O)(=O)c1ccccc1)C1CCCCC1)[C@@H](C)OC(=O)N(C)C. The first-order valence-corrected chi connectivity index (χ1v) is 11.3. The van der Waals surface area contributed by atoms with Crippen LogP contribution in [0.3, 0.4) is 0 Å².